The molecule has 0 spiro atoms. The lowest BCUT2D eigenvalue weighted by molar-refractivity contribution is 0.0462. The van der Waals surface area contributed by atoms with Gasteiger partial charge in [-0.1, -0.05) is 6.92 Å². The molecule has 104 valence electrons. The number of hydrogen-bond donors (Lipinski definition) is 1. The molecule has 0 unspecified atom stereocenters. The van der Waals surface area contributed by atoms with Crippen molar-refractivity contribution in [1.82, 2.24) is 15.1 Å². The number of nitrogens with zero attached hydrogens (tertiary/aromatic N) is 2. The van der Waals surface area contributed by atoms with Crippen molar-refractivity contribution in [2.45, 2.75) is 38.6 Å². The minimum absolute atomic E-state index is 0.945. The van der Waals surface area contributed by atoms with E-state index >= 15 is 0 Å². The quantitative estimate of drug-likeness (QED) is 0.818. The molecule has 0 aromatic carbocycles. The van der Waals surface area contributed by atoms with Crippen molar-refractivity contribution in [3.63, 3.8) is 0 Å². The Hall–Kier alpha value is -0.120. The summed E-state index contributed by atoms with van der Waals surface area (Å²) in [5.74, 6) is 1.96. The van der Waals surface area contributed by atoms with Crippen LogP contribution in [-0.4, -0.2) is 61.7 Å². The number of rotatable bonds is 3. The molecule has 3 nitrogen and oxygen atoms in total. The molecule has 3 aliphatic rings. The molecule has 0 amide bonds. The van der Waals surface area contributed by atoms with Crippen LogP contribution in [0.5, 0.6) is 0 Å². The van der Waals surface area contributed by atoms with Crippen LogP contribution >= 0.6 is 0 Å². The molecule has 1 aliphatic carbocycles. The van der Waals surface area contributed by atoms with Crippen molar-refractivity contribution < 1.29 is 0 Å². The normalized spacial score (nSPS) is 36.5. The third-order valence-corrected chi connectivity index (χ3v) is 5.24. The highest BCUT2D eigenvalue weighted by atomic mass is 15.2. The van der Waals surface area contributed by atoms with Gasteiger partial charge in [0.15, 0.2) is 0 Å². The van der Waals surface area contributed by atoms with Gasteiger partial charge < -0.3 is 15.1 Å². The highest BCUT2D eigenvalue weighted by molar-refractivity contribution is 4.88. The van der Waals surface area contributed by atoms with Gasteiger partial charge in [0, 0.05) is 38.8 Å². The van der Waals surface area contributed by atoms with E-state index in [-0.39, 0.29) is 0 Å². The molecule has 3 rings (SSSR count). The van der Waals surface area contributed by atoms with E-state index in [1.165, 1.54) is 71.5 Å². The third kappa shape index (κ3) is 3.06. The maximum absolute atomic E-state index is 3.44. The zero-order valence-corrected chi connectivity index (χ0v) is 11.9. The first kappa shape index (κ1) is 12.9. The van der Waals surface area contributed by atoms with Crippen LogP contribution in [0.15, 0.2) is 0 Å². The van der Waals surface area contributed by atoms with Crippen molar-refractivity contribution in [3.05, 3.63) is 0 Å². The highest BCUT2D eigenvalue weighted by Gasteiger charge is 2.33. The molecular weight excluding hydrogens is 222 g/mol. The predicted octanol–water partition coefficient (Wildman–Crippen LogP) is 1.40. The van der Waals surface area contributed by atoms with Crippen molar-refractivity contribution in [2.24, 2.45) is 11.8 Å². The lowest BCUT2D eigenvalue weighted by atomic mass is 9.79. The van der Waals surface area contributed by atoms with Crippen LogP contribution in [-0.2, 0) is 0 Å². The maximum Gasteiger partial charge on any atom is 0.0107 e. The van der Waals surface area contributed by atoms with E-state index in [9.17, 15) is 0 Å². The Bertz CT molecular complexity index is 248. The van der Waals surface area contributed by atoms with Crippen molar-refractivity contribution in [3.8, 4) is 0 Å². The van der Waals surface area contributed by atoms with Gasteiger partial charge in [-0.05, 0) is 50.6 Å². The number of piperidine rings is 1. The van der Waals surface area contributed by atoms with E-state index in [0.717, 1.165) is 17.9 Å². The fourth-order valence-electron chi connectivity index (χ4n) is 3.92. The summed E-state index contributed by atoms with van der Waals surface area (Å²) in [6.45, 7) is 11.4. The molecule has 2 saturated heterocycles. The molecule has 0 radical (unpaired) electrons. The fourth-order valence-corrected chi connectivity index (χ4v) is 3.92. The molecule has 3 fully saturated rings. The van der Waals surface area contributed by atoms with Gasteiger partial charge in [-0.2, -0.15) is 0 Å². The summed E-state index contributed by atoms with van der Waals surface area (Å²) in [5.41, 5.74) is 0. The zero-order chi connectivity index (χ0) is 12.4. The second kappa shape index (κ2) is 5.89. The van der Waals surface area contributed by atoms with Gasteiger partial charge in [0.25, 0.3) is 0 Å². The molecule has 0 bridgehead atoms. The Balaban J connectivity index is 1.37. The molecule has 0 aromatic rings. The van der Waals surface area contributed by atoms with Gasteiger partial charge in [0.1, 0.15) is 0 Å². The molecule has 2 aliphatic heterocycles. The van der Waals surface area contributed by atoms with Gasteiger partial charge >= 0.3 is 0 Å². The van der Waals surface area contributed by atoms with Crippen LogP contribution in [0.4, 0.5) is 0 Å². The molecule has 18 heavy (non-hydrogen) atoms. The maximum atomic E-state index is 3.44. The molecule has 2 heterocycles. The number of piperazine rings is 1. The summed E-state index contributed by atoms with van der Waals surface area (Å²) < 4.78 is 0. The average molecular weight is 251 g/mol. The average Bonchev–Trinajstić information content (AvgIpc) is 2.38. The van der Waals surface area contributed by atoms with Crippen LogP contribution in [0, 0.1) is 11.8 Å². The predicted molar refractivity (Wildman–Crippen MR) is 75.8 cm³/mol. The first-order valence-electron chi connectivity index (χ1n) is 7.98. The van der Waals surface area contributed by atoms with Gasteiger partial charge in [-0.15, -0.1) is 0 Å². The number of likely N-dealkylation sites (tertiary alicyclic amines) is 1. The van der Waals surface area contributed by atoms with Crippen molar-refractivity contribution >= 4 is 0 Å². The van der Waals surface area contributed by atoms with Crippen LogP contribution < -0.4 is 5.32 Å². The summed E-state index contributed by atoms with van der Waals surface area (Å²) in [4.78, 5) is 5.44. The summed E-state index contributed by atoms with van der Waals surface area (Å²) in [7, 11) is 0. The van der Waals surface area contributed by atoms with Gasteiger partial charge in [-0.25, -0.2) is 0 Å². The summed E-state index contributed by atoms with van der Waals surface area (Å²) in [5, 5.41) is 3.44. The molecular formula is C15H29N3. The van der Waals surface area contributed by atoms with E-state index in [1.807, 2.05) is 0 Å². The van der Waals surface area contributed by atoms with Gasteiger partial charge in [-0.3, -0.25) is 0 Å². The summed E-state index contributed by atoms with van der Waals surface area (Å²) in [6, 6.07) is 0.945. The SMILES string of the molecule is CC1CC(N2CCC(CN3CCNCC3)CC2)C1. The Morgan fingerprint density at radius 2 is 1.67 bits per heavy atom. The first-order valence-corrected chi connectivity index (χ1v) is 7.98. The fraction of sp³-hybridized carbons (Fsp3) is 1.00. The second-order valence-corrected chi connectivity index (χ2v) is 6.76. The summed E-state index contributed by atoms with van der Waals surface area (Å²) >= 11 is 0. The second-order valence-electron chi connectivity index (χ2n) is 6.76. The summed E-state index contributed by atoms with van der Waals surface area (Å²) in [6.07, 6.45) is 5.80. The minimum Gasteiger partial charge on any atom is -0.314 e. The minimum atomic E-state index is 0.945. The Labute approximate surface area is 112 Å². The lowest BCUT2D eigenvalue weighted by Crippen LogP contribution is -2.50. The van der Waals surface area contributed by atoms with Crippen molar-refractivity contribution in [2.75, 3.05) is 45.8 Å². The van der Waals surface area contributed by atoms with Crippen LogP contribution in [0.2, 0.25) is 0 Å². The number of nitrogens with one attached hydrogen (secondary N) is 1. The van der Waals surface area contributed by atoms with E-state index in [4.69, 9.17) is 0 Å². The molecule has 1 N–H and O–H groups in total. The molecule has 3 heteroatoms. The lowest BCUT2D eigenvalue weighted by Gasteiger charge is -2.45. The molecule has 1 saturated carbocycles. The Kier molecular flexibility index (Phi) is 4.22. The van der Waals surface area contributed by atoms with E-state index in [1.54, 1.807) is 0 Å². The monoisotopic (exact) mass is 251 g/mol. The first-order chi connectivity index (χ1) is 8.81. The van der Waals surface area contributed by atoms with Crippen LogP contribution in [0.3, 0.4) is 0 Å². The molecule has 0 aromatic heterocycles. The van der Waals surface area contributed by atoms with Crippen LogP contribution in [0.1, 0.15) is 32.6 Å². The molecule has 0 atom stereocenters. The van der Waals surface area contributed by atoms with E-state index in [2.05, 4.69) is 22.0 Å². The largest absolute Gasteiger partial charge is 0.314 e. The highest BCUT2D eigenvalue weighted by Crippen LogP contribution is 2.33. The third-order valence-electron chi connectivity index (χ3n) is 5.24. The zero-order valence-electron chi connectivity index (χ0n) is 11.9. The number of hydrogen-bond acceptors (Lipinski definition) is 3. The smallest absolute Gasteiger partial charge is 0.0107 e. The van der Waals surface area contributed by atoms with Gasteiger partial charge in [0.05, 0.1) is 0 Å². The van der Waals surface area contributed by atoms with Crippen LogP contribution in [0.25, 0.3) is 0 Å². The standard InChI is InChI=1S/C15H29N3/c1-13-10-15(11-13)18-6-2-14(3-7-18)12-17-8-4-16-5-9-17/h13-16H,2-12H2,1H3. The van der Waals surface area contributed by atoms with E-state index < -0.39 is 0 Å². The van der Waals surface area contributed by atoms with Crippen molar-refractivity contribution in [1.29, 1.82) is 0 Å². The topological polar surface area (TPSA) is 18.5 Å². The Morgan fingerprint density at radius 1 is 1.00 bits per heavy atom. The Morgan fingerprint density at radius 3 is 2.28 bits per heavy atom. The van der Waals surface area contributed by atoms with Gasteiger partial charge in [0.2, 0.25) is 0 Å². The van der Waals surface area contributed by atoms with E-state index in [0.29, 0.717) is 0 Å².